The van der Waals surface area contributed by atoms with Gasteiger partial charge < -0.3 is 14.6 Å². The second-order valence-corrected chi connectivity index (χ2v) is 6.44. The van der Waals surface area contributed by atoms with E-state index in [-0.39, 0.29) is 11.6 Å². The zero-order chi connectivity index (χ0) is 17.4. The van der Waals surface area contributed by atoms with Gasteiger partial charge in [0, 0.05) is 30.3 Å². The molecule has 0 bridgehead atoms. The summed E-state index contributed by atoms with van der Waals surface area (Å²) in [5, 5.41) is 10.1. The summed E-state index contributed by atoms with van der Waals surface area (Å²) in [6.07, 6.45) is -0.211. The van der Waals surface area contributed by atoms with Crippen molar-refractivity contribution in [1.29, 1.82) is 0 Å². The van der Waals surface area contributed by atoms with Gasteiger partial charge >= 0.3 is 0 Å². The molecule has 6 heteroatoms. The topological polar surface area (TPSA) is 41.9 Å². The van der Waals surface area contributed by atoms with Gasteiger partial charge in [-0.3, -0.25) is 4.90 Å². The third-order valence-electron chi connectivity index (χ3n) is 4.72. The molecule has 0 aliphatic carbocycles. The number of benzene rings is 2. The molecule has 2 unspecified atom stereocenters. The van der Waals surface area contributed by atoms with Crippen molar-refractivity contribution >= 4 is 0 Å². The van der Waals surface area contributed by atoms with Gasteiger partial charge in [0.15, 0.2) is 11.5 Å². The lowest BCUT2D eigenvalue weighted by Crippen LogP contribution is -2.26. The molecule has 2 aromatic carbocycles. The molecule has 0 aromatic heterocycles. The maximum atomic E-state index is 14.2. The molecule has 2 aromatic rings. The van der Waals surface area contributed by atoms with Crippen LogP contribution in [0, 0.1) is 11.6 Å². The van der Waals surface area contributed by atoms with Gasteiger partial charge in [-0.05, 0) is 30.7 Å². The average Bonchev–Trinajstić information content (AvgIpc) is 2.97. The number of hydrogen-bond donors (Lipinski definition) is 1. The Morgan fingerprint density at radius 2 is 1.96 bits per heavy atom. The van der Waals surface area contributed by atoms with Gasteiger partial charge in [0.05, 0.1) is 6.10 Å². The molecular formula is C19H19F2NO3. The standard InChI is InChI=1S/C19H19F2NO3/c20-13-4-5-16(21)15(8-13)17-9-14(23)11-22(17)10-12-2-1-3-18-19(12)25-7-6-24-18/h1-5,8,14,17,23H,6-7,9-11H2. The molecule has 2 aliphatic heterocycles. The van der Waals surface area contributed by atoms with Gasteiger partial charge in [-0.1, -0.05) is 12.1 Å². The van der Waals surface area contributed by atoms with Crippen molar-refractivity contribution in [3.8, 4) is 11.5 Å². The highest BCUT2D eigenvalue weighted by Gasteiger charge is 2.34. The first-order valence-corrected chi connectivity index (χ1v) is 8.36. The molecule has 0 spiro atoms. The number of nitrogens with zero attached hydrogens (tertiary/aromatic N) is 1. The summed E-state index contributed by atoms with van der Waals surface area (Å²) in [6.45, 7) is 1.85. The first-order chi connectivity index (χ1) is 12.1. The number of β-amino-alcohol motifs (C(OH)–C–C–N with tert-alkyl or cyclic N) is 1. The van der Waals surface area contributed by atoms with Crippen LogP contribution < -0.4 is 9.47 Å². The summed E-state index contributed by atoms with van der Waals surface area (Å²) in [6, 6.07) is 8.73. The van der Waals surface area contributed by atoms with Crippen LogP contribution in [0.25, 0.3) is 0 Å². The lowest BCUT2D eigenvalue weighted by atomic mass is 10.0. The molecular weight excluding hydrogens is 328 g/mol. The molecule has 2 atom stereocenters. The number of aliphatic hydroxyl groups excluding tert-OH is 1. The molecule has 1 fully saturated rings. The summed E-state index contributed by atoms with van der Waals surface area (Å²) in [5.74, 6) is 0.442. The van der Waals surface area contributed by atoms with Crippen LogP contribution >= 0.6 is 0 Å². The fourth-order valence-electron chi connectivity index (χ4n) is 3.63. The highest BCUT2D eigenvalue weighted by atomic mass is 19.1. The Labute approximate surface area is 144 Å². The fraction of sp³-hybridized carbons (Fsp3) is 0.368. The smallest absolute Gasteiger partial charge is 0.165 e. The van der Waals surface area contributed by atoms with Gasteiger partial charge in [-0.2, -0.15) is 0 Å². The van der Waals surface area contributed by atoms with Crippen molar-refractivity contribution in [1.82, 2.24) is 4.90 Å². The van der Waals surface area contributed by atoms with E-state index in [9.17, 15) is 13.9 Å². The molecule has 132 valence electrons. The number of fused-ring (bicyclic) bond motifs is 1. The Morgan fingerprint density at radius 3 is 2.84 bits per heavy atom. The van der Waals surface area contributed by atoms with E-state index in [1.165, 1.54) is 6.07 Å². The predicted octanol–water partition coefficient (Wildman–Crippen LogP) is 3.04. The second-order valence-electron chi connectivity index (χ2n) is 6.44. The Morgan fingerprint density at radius 1 is 1.12 bits per heavy atom. The second kappa shape index (κ2) is 6.61. The highest BCUT2D eigenvalue weighted by Crippen LogP contribution is 2.39. The van der Waals surface area contributed by atoms with Crippen molar-refractivity contribution < 1.29 is 23.4 Å². The fourth-order valence-corrected chi connectivity index (χ4v) is 3.63. The number of aliphatic hydroxyl groups is 1. The zero-order valence-corrected chi connectivity index (χ0v) is 13.6. The lowest BCUT2D eigenvalue weighted by molar-refractivity contribution is 0.159. The lowest BCUT2D eigenvalue weighted by Gasteiger charge is -2.27. The van der Waals surface area contributed by atoms with Crippen LogP contribution in [0.5, 0.6) is 11.5 Å². The van der Waals surface area contributed by atoms with Crippen molar-refractivity contribution in [2.24, 2.45) is 0 Å². The van der Waals surface area contributed by atoms with Gasteiger partial charge in [0.1, 0.15) is 24.8 Å². The van der Waals surface area contributed by atoms with Gasteiger partial charge in [-0.15, -0.1) is 0 Å². The molecule has 25 heavy (non-hydrogen) atoms. The maximum absolute atomic E-state index is 14.2. The van der Waals surface area contributed by atoms with E-state index >= 15 is 0 Å². The van der Waals surface area contributed by atoms with E-state index in [1.54, 1.807) is 0 Å². The number of likely N-dealkylation sites (tertiary alicyclic amines) is 1. The number of hydrogen-bond acceptors (Lipinski definition) is 4. The van der Waals surface area contributed by atoms with Crippen LogP contribution in [0.1, 0.15) is 23.6 Å². The van der Waals surface area contributed by atoms with Crippen LogP contribution in [0.2, 0.25) is 0 Å². The first kappa shape index (κ1) is 16.3. The predicted molar refractivity (Wildman–Crippen MR) is 87.6 cm³/mol. The number of para-hydroxylation sites is 1. The zero-order valence-electron chi connectivity index (χ0n) is 13.6. The summed E-state index contributed by atoms with van der Waals surface area (Å²) in [5.41, 5.74) is 1.19. The number of ether oxygens (including phenoxy) is 2. The minimum absolute atomic E-state index is 0.276. The monoisotopic (exact) mass is 347 g/mol. The van der Waals surface area contributed by atoms with Crippen LogP contribution in [0.3, 0.4) is 0 Å². The number of rotatable bonds is 3. The molecule has 1 N–H and O–H groups in total. The summed E-state index contributed by atoms with van der Waals surface area (Å²) in [4.78, 5) is 1.95. The Hall–Kier alpha value is -2.18. The Balaban J connectivity index is 1.64. The first-order valence-electron chi connectivity index (χ1n) is 8.36. The van der Waals surface area contributed by atoms with Gasteiger partial charge in [-0.25, -0.2) is 8.78 Å². The Kier molecular flexibility index (Phi) is 4.31. The summed E-state index contributed by atoms with van der Waals surface area (Å²) in [7, 11) is 0. The molecule has 0 radical (unpaired) electrons. The van der Waals surface area contributed by atoms with Crippen LogP contribution in [0.4, 0.5) is 8.78 Å². The molecule has 1 saturated heterocycles. The van der Waals surface area contributed by atoms with E-state index in [1.807, 2.05) is 23.1 Å². The molecule has 2 aliphatic rings. The summed E-state index contributed by atoms with van der Waals surface area (Å²) < 4.78 is 39.1. The van der Waals surface area contributed by atoms with Crippen molar-refractivity contribution in [2.45, 2.75) is 25.1 Å². The maximum Gasteiger partial charge on any atom is 0.165 e. The SMILES string of the molecule is OC1CC(c2cc(F)ccc2F)N(Cc2cccc3c2OCCO3)C1. The molecule has 0 amide bonds. The molecule has 4 rings (SSSR count). The largest absolute Gasteiger partial charge is 0.486 e. The minimum atomic E-state index is -0.579. The van der Waals surface area contributed by atoms with Crippen molar-refractivity contribution in [3.63, 3.8) is 0 Å². The van der Waals surface area contributed by atoms with E-state index in [2.05, 4.69) is 0 Å². The van der Waals surface area contributed by atoms with Crippen LogP contribution in [-0.4, -0.2) is 35.9 Å². The normalized spacial score (nSPS) is 23.0. The number of halogens is 2. The van der Waals surface area contributed by atoms with Gasteiger partial charge in [0.2, 0.25) is 0 Å². The van der Waals surface area contributed by atoms with Crippen LogP contribution in [-0.2, 0) is 6.54 Å². The minimum Gasteiger partial charge on any atom is -0.486 e. The molecule has 4 nitrogen and oxygen atoms in total. The quantitative estimate of drug-likeness (QED) is 0.927. The highest BCUT2D eigenvalue weighted by molar-refractivity contribution is 5.47. The van der Waals surface area contributed by atoms with E-state index in [0.29, 0.717) is 44.2 Å². The van der Waals surface area contributed by atoms with E-state index in [0.717, 1.165) is 17.7 Å². The molecule has 2 heterocycles. The van der Waals surface area contributed by atoms with E-state index < -0.39 is 17.7 Å². The Bertz CT molecular complexity index is 783. The van der Waals surface area contributed by atoms with E-state index in [4.69, 9.17) is 9.47 Å². The van der Waals surface area contributed by atoms with Crippen LogP contribution in [0.15, 0.2) is 36.4 Å². The average molecular weight is 347 g/mol. The summed E-state index contributed by atoms with van der Waals surface area (Å²) >= 11 is 0. The third kappa shape index (κ3) is 3.19. The molecule has 0 saturated carbocycles. The third-order valence-corrected chi connectivity index (χ3v) is 4.72. The van der Waals surface area contributed by atoms with Gasteiger partial charge in [0.25, 0.3) is 0 Å². The van der Waals surface area contributed by atoms with Crippen molar-refractivity contribution in [2.75, 3.05) is 19.8 Å². The van der Waals surface area contributed by atoms with Crippen molar-refractivity contribution in [3.05, 3.63) is 59.2 Å².